The number of piperidine rings is 1. The van der Waals surface area contributed by atoms with Crippen molar-refractivity contribution in [1.29, 1.82) is 0 Å². The summed E-state index contributed by atoms with van der Waals surface area (Å²) in [6.07, 6.45) is 1.80. The van der Waals surface area contributed by atoms with Crippen LogP contribution in [0.5, 0.6) is 0 Å². The van der Waals surface area contributed by atoms with Crippen molar-refractivity contribution in [2.24, 2.45) is 0 Å². The zero-order valence-electron chi connectivity index (χ0n) is 18.5. The Kier molecular flexibility index (Phi) is 5.67. The van der Waals surface area contributed by atoms with Gasteiger partial charge in [-0.05, 0) is 70.1 Å². The largest absolute Gasteiger partial charge is 0.366 e. The predicted octanol–water partition coefficient (Wildman–Crippen LogP) is 3.75. The molecule has 0 aliphatic carbocycles. The van der Waals surface area contributed by atoms with E-state index in [1.165, 1.54) is 12.1 Å². The van der Waals surface area contributed by atoms with Gasteiger partial charge in [0, 0.05) is 13.1 Å². The number of amides is 2. The van der Waals surface area contributed by atoms with Crippen molar-refractivity contribution in [3.8, 4) is 0 Å². The molecule has 1 fully saturated rings. The van der Waals surface area contributed by atoms with E-state index in [0.29, 0.717) is 11.3 Å². The van der Waals surface area contributed by atoms with Gasteiger partial charge in [0.05, 0.1) is 11.3 Å². The number of para-hydroxylation sites is 1. The van der Waals surface area contributed by atoms with Crippen LogP contribution >= 0.6 is 0 Å². The second-order valence-corrected chi connectivity index (χ2v) is 8.58. The number of rotatable bonds is 4. The third kappa shape index (κ3) is 3.76. The summed E-state index contributed by atoms with van der Waals surface area (Å²) in [5, 5.41) is 0. The topological polar surface area (TPSA) is 43.9 Å². The standard InChI is InChI=1S/C25H28FN3O2/c1-16-9-10-19(17(2)15-16)22-23(28(4)18-11-13-27(3)14-12-18)25(31)29(24(22)30)21-8-6-5-7-20(21)26/h5-10,15,18H,11-14H2,1-4H3. The molecule has 1 saturated heterocycles. The van der Waals surface area contributed by atoms with Crippen molar-refractivity contribution >= 4 is 23.1 Å². The Morgan fingerprint density at radius 2 is 1.68 bits per heavy atom. The van der Waals surface area contributed by atoms with Gasteiger partial charge in [-0.1, -0.05) is 35.9 Å². The number of hydrogen-bond acceptors (Lipinski definition) is 4. The lowest BCUT2D eigenvalue weighted by molar-refractivity contribution is -0.120. The minimum absolute atomic E-state index is 0.00783. The van der Waals surface area contributed by atoms with Crippen molar-refractivity contribution in [1.82, 2.24) is 9.80 Å². The maximum Gasteiger partial charge on any atom is 0.282 e. The van der Waals surface area contributed by atoms with Crippen LogP contribution in [0.1, 0.15) is 29.5 Å². The van der Waals surface area contributed by atoms with Crippen molar-refractivity contribution < 1.29 is 14.0 Å². The van der Waals surface area contributed by atoms with E-state index in [9.17, 15) is 14.0 Å². The van der Waals surface area contributed by atoms with Crippen LogP contribution < -0.4 is 4.90 Å². The number of halogens is 1. The van der Waals surface area contributed by atoms with E-state index in [-0.39, 0.29) is 11.7 Å². The van der Waals surface area contributed by atoms with E-state index in [0.717, 1.165) is 47.5 Å². The molecule has 0 spiro atoms. The van der Waals surface area contributed by atoms with E-state index in [2.05, 4.69) is 11.9 Å². The lowest BCUT2D eigenvalue weighted by Crippen LogP contribution is -2.43. The monoisotopic (exact) mass is 421 g/mol. The first kappa shape index (κ1) is 21.2. The first-order valence-corrected chi connectivity index (χ1v) is 10.7. The number of carbonyl (C=O) groups is 2. The number of imide groups is 1. The summed E-state index contributed by atoms with van der Waals surface area (Å²) in [6.45, 7) is 5.79. The van der Waals surface area contributed by atoms with Gasteiger partial charge in [0.2, 0.25) is 0 Å². The Labute approximate surface area is 182 Å². The molecule has 2 amide bonds. The second-order valence-electron chi connectivity index (χ2n) is 8.58. The first-order valence-electron chi connectivity index (χ1n) is 10.7. The van der Waals surface area contributed by atoms with Crippen molar-refractivity contribution in [3.63, 3.8) is 0 Å². The van der Waals surface area contributed by atoms with Crippen LogP contribution in [-0.2, 0) is 9.59 Å². The van der Waals surface area contributed by atoms with Gasteiger partial charge in [0.15, 0.2) is 0 Å². The van der Waals surface area contributed by atoms with Crippen LogP contribution in [-0.4, -0.2) is 54.8 Å². The molecule has 0 bridgehead atoms. The fourth-order valence-corrected chi connectivity index (χ4v) is 4.60. The summed E-state index contributed by atoms with van der Waals surface area (Å²) in [5.74, 6) is -1.53. The summed E-state index contributed by atoms with van der Waals surface area (Å²) in [5.41, 5.74) is 3.42. The normalized spacial score (nSPS) is 18.3. The first-order chi connectivity index (χ1) is 14.8. The highest BCUT2D eigenvalue weighted by Gasteiger charge is 2.44. The van der Waals surface area contributed by atoms with Crippen LogP contribution in [0.2, 0.25) is 0 Å². The fraction of sp³-hybridized carbons (Fsp3) is 0.360. The van der Waals surface area contributed by atoms with Gasteiger partial charge in [0.1, 0.15) is 11.5 Å². The number of carbonyl (C=O) groups excluding carboxylic acids is 2. The van der Waals surface area contributed by atoms with Gasteiger partial charge in [0.25, 0.3) is 11.8 Å². The van der Waals surface area contributed by atoms with Crippen molar-refractivity contribution in [2.45, 2.75) is 32.7 Å². The van der Waals surface area contributed by atoms with Gasteiger partial charge in [-0.15, -0.1) is 0 Å². The quantitative estimate of drug-likeness (QED) is 0.706. The molecule has 5 nitrogen and oxygen atoms in total. The summed E-state index contributed by atoms with van der Waals surface area (Å²) in [4.78, 5) is 32.4. The smallest absolute Gasteiger partial charge is 0.282 e. The number of anilines is 1. The molecular weight excluding hydrogens is 393 g/mol. The Hall–Kier alpha value is -2.99. The average molecular weight is 422 g/mol. The van der Waals surface area contributed by atoms with Crippen LogP contribution in [0.15, 0.2) is 48.2 Å². The molecule has 162 valence electrons. The predicted molar refractivity (Wildman–Crippen MR) is 120 cm³/mol. The molecule has 0 unspecified atom stereocenters. The number of likely N-dealkylation sites (tertiary alicyclic amines) is 1. The molecule has 2 aliphatic rings. The van der Waals surface area contributed by atoms with Crippen LogP contribution in [0.3, 0.4) is 0 Å². The number of hydrogen-bond donors (Lipinski definition) is 0. The highest BCUT2D eigenvalue weighted by atomic mass is 19.1. The average Bonchev–Trinajstić information content (AvgIpc) is 2.99. The van der Waals surface area contributed by atoms with Crippen LogP contribution in [0.4, 0.5) is 10.1 Å². The third-order valence-electron chi connectivity index (χ3n) is 6.39. The Bertz CT molecular complexity index is 1070. The Balaban J connectivity index is 1.84. The maximum absolute atomic E-state index is 14.6. The molecule has 0 saturated carbocycles. The number of aryl methyl sites for hydroxylation is 2. The van der Waals surface area contributed by atoms with E-state index in [1.54, 1.807) is 12.1 Å². The van der Waals surface area contributed by atoms with E-state index >= 15 is 0 Å². The fourth-order valence-electron chi connectivity index (χ4n) is 4.60. The molecule has 2 aliphatic heterocycles. The third-order valence-corrected chi connectivity index (χ3v) is 6.39. The summed E-state index contributed by atoms with van der Waals surface area (Å²) in [6, 6.07) is 11.9. The van der Waals surface area contributed by atoms with Gasteiger partial charge >= 0.3 is 0 Å². The molecule has 0 N–H and O–H groups in total. The minimum Gasteiger partial charge on any atom is -0.366 e. The summed E-state index contributed by atoms with van der Waals surface area (Å²) < 4.78 is 14.6. The lowest BCUT2D eigenvalue weighted by Gasteiger charge is -2.36. The summed E-state index contributed by atoms with van der Waals surface area (Å²) >= 11 is 0. The summed E-state index contributed by atoms with van der Waals surface area (Å²) in [7, 11) is 3.96. The lowest BCUT2D eigenvalue weighted by atomic mass is 9.96. The molecule has 4 rings (SSSR count). The van der Waals surface area contributed by atoms with E-state index in [1.807, 2.05) is 44.0 Å². The van der Waals surface area contributed by atoms with Gasteiger partial charge < -0.3 is 9.80 Å². The van der Waals surface area contributed by atoms with Gasteiger partial charge in [-0.25, -0.2) is 9.29 Å². The molecule has 0 radical (unpaired) electrons. The number of benzene rings is 2. The van der Waals surface area contributed by atoms with Crippen molar-refractivity contribution in [3.05, 3.63) is 70.7 Å². The Morgan fingerprint density at radius 3 is 2.32 bits per heavy atom. The maximum atomic E-state index is 14.6. The van der Waals surface area contributed by atoms with Crippen LogP contribution in [0.25, 0.3) is 5.57 Å². The molecule has 0 atom stereocenters. The number of nitrogens with zero attached hydrogens (tertiary/aromatic N) is 3. The van der Waals surface area contributed by atoms with Gasteiger partial charge in [-0.2, -0.15) is 0 Å². The Morgan fingerprint density at radius 1 is 1.00 bits per heavy atom. The number of likely N-dealkylation sites (N-methyl/N-ethyl adjacent to an activating group) is 1. The van der Waals surface area contributed by atoms with Crippen molar-refractivity contribution in [2.75, 3.05) is 32.1 Å². The molecule has 2 aromatic rings. The van der Waals surface area contributed by atoms with Gasteiger partial charge in [-0.3, -0.25) is 9.59 Å². The zero-order valence-corrected chi connectivity index (χ0v) is 18.5. The molecular formula is C25H28FN3O2. The SMILES string of the molecule is Cc1ccc(C2=C(N(C)C3CCN(C)CC3)C(=O)N(c3ccccc3F)C2=O)c(C)c1. The zero-order chi connectivity index (χ0) is 22.3. The second kappa shape index (κ2) is 8.27. The highest BCUT2D eigenvalue weighted by Crippen LogP contribution is 2.38. The molecule has 0 aromatic heterocycles. The van der Waals surface area contributed by atoms with E-state index < -0.39 is 17.6 Å². The molecule has 2 heterocycles. The molecule has 6 heteroatoms. The highest BCUT2D eigenvalue weighted by molar-refractivity contribution is 6.45. The molecule has 31 heavy (non-hydrogen) atoms. The molecule has 2 aromatic carbocycles. The minimum atomic E-state index is -0.590. The van der Waals surface area contributed by atoms with E-state index in [4.69, 9.17) is 0 Å². The van der Waals surface area contributed by atoms with Crippen LogP contribution in [0, 0.1) is 19.7 Å².